The molecule has 0 fully saturated rings. The summed E-state index contributed by atoms with van der Waals surface area (Å²) in [4.78, 5) is 0. The number of aryl methyl sites for hydroxylation is 2. The lowest BCUT2D eigenvalue weighted by molar-refractivity contribution is 0.230. The van der Waals surface area contributed by atoms with Crippen LogP contribution in [0.25, 0.3) is 0 Å². The summed E-state index contributed by atoms with van der Waals surface area (Å²) in [6, 6.07) is 5.74. The molecule has 0 radical (unpaired) electrons. The predicted octanol–water partition coefficient (Wildman–Crippen LogP) is 3.19. The van der Waals surface area contributed by atoms with Gasteiger partial charge >= 0.3 is 7.60 Å². The molecule has 16 heavy (non-hydrogen) atoms. The molecule has 0 heterocycles. The highest BCUT2D eigenvalue weighted by Gasteiger charge is 2.28. The van der Waals surface area contributed by atoms with Gasteiger partial charge in [-0.1, -0.05) is 17.7 Å². The molecule has 0 saturated heterocycles. The largest absolute Gasteiger partial charge is 0.361 e. The molecule has 0 amide bonds. The second-order valence-corrected chi connectivity index (χ2v) is 5.62. The van der Waals surface area contributed by atoms with Crippen LogP contribution in [0.5, 0.6) is 0 Å². The van der Waals surface area contributed by atoms with Crippen LogP contribution in [-0.2, 0) is 13.6 Å². The molecule has 0 bridgehead atoms. The van der Waals surface area contributed by atoms with E-state index in [-0.39, 0.29) is 0 Å². The Kier molecular flexibility index (Phi) is 4.72. The molecule has 0 aliphatic rings. The minimum absolute atomic E-state index is 0.380. The van der Waals surface area contributed by atoms with Crippen molar-refractivity contribution in [1.29, 1.82) is 0 Å². The van der Waals surface area contributed by atoms with Crippen molar-refractivity contribution < 1.29 is 13.6 Å². The third kappa shape index (κ3) is 2.94. The van der Waals surface area contributed by atoms with Gasteiger partial charge in [0.1, 0.15) is 0 Å². The first kappa shape index (κ1) is 13.4. The maximum absolute atomic E-state index is 12.5. The van der Waals surface area contributed by atoms with Crippen LogP contribution in [0.15, 0.2) is 18.2 Å². The van der Waals surface area contributed by atoms with Crippen molar-refractivity contribution in [2.75, 3.05) is 13.2 Å². The van der Waals surface area contributed by atoms with Crippen molar-refractivity contribution in [2.24, 2.45) is 0 Å². The quantitative estimate of drug-likeness (QED) is 0.744. The molecular formula is C12H19O3P. The fourth-order valence-electron chi connectivity index (χ4n) is 1.63. The van der Waals surface area contributed by atoms with Gasteiger partial charge in [-0.05, 0) is 39.3 Å². The molecule has 0 N–H and O–H groups in total. The van der Waals surface area contributed by atoms with Gasteiger partial charge < -0.3 is 9.05 Å². The van der Waals surface area contributed by atoms with Crippen LogP contribution in [0.1, 0.15) is 25.0 Å². The monoisotopic (exact) mass is 242 g/mol. The molecule has 0 saturated carbocycles. The average molecular weight is 242 g/mol. The predicted molar refractivity (Wildman–Crippen MR) is 66.4 cm³/mol. The minimum atomic E-state index is -3.13. The topological polar surface area (TPSA) is 35.5 Å². The Hall–Kier alpha value is -0.630. The van der Waals surface area contributed by atoms with Crippen LogP contribution in [0.2, 0.25) is 0 Å². The molecular weight excluding hydrogens is 223 g/mol. The fraction of sp³-hybridized carbons (Fsp3) is 0.500. The van der Waals surface area contributed by atoms with Gasteiger partial charge in [-0.15, -0.1) is 0 Å². The summed E-state index contributed by atoms with van der Waals surface area (Å²) >= 11 is 0. The van der Waals surface area contributed by atoms with E-state index in [2.05, 4.69) is 0 Å². The van der Waals surface area contributed by atoms with Crippen LogP contribution >= 0.6 is 7.60 Å². The lowest BCUT2D eigenvalue weighted by Crippen LogP contribution is -2.13. The SMILES string of the molecule is CCOP(=O)(OCC)c1ccc(C)cc1C. The maximum atomic E-state index is 12.5. The highest BCUT2D eigenvalue weighted by atomic mass is 31.2. The Bertz CT molecular complexity index is 391. The van der Waals surface area contributed by atoms with Gasteiger partial charge in [0.2, 0.25) is 0 Å². The Morgan fingerprint density at radius 2 is 1.69 bits per heavy atom. The van der Waals surface area contributed by atoms with Crippen LogP contribution in [-0.4, -0.2) is 13.2 Å². The van der Waals surface area contributed by atoms with Gasteiger partial charge in [0.05, 0.1) is 18.5 Å². The molecule has 0 aliphatic heterocycles. The van der Waals surface area contributed by atoms with E-state index >= 15 is 0 Å². The second kappa shape index (κ2) is 5.62. The van der Waals surface area contributed by atoms with Crippen molar-refractivity contribution >= 4 is 12.9 Å². The van der Waals surface area contributed by atoms with Gasteiger partial charge in [0, 0.05) is 0 Å². The van der Waals surface area contributed by atoms with Crippen LogP contribution in [0.3, 0.4) is 0 Å². The Labute approximate surface area is 97.3 Å². The molecule has 0 atom stereocenters. The molecule has 3 nitrogen and oxygen atoms in total. The summed E-state index contributed by atoms with van der Waals surface area (Å²) in [6.45, 7) is 8.32. The van der Waals surface area contributed by atoms with Gasteiger partial charge in [-0.2, -0.15) is 0 Å². The van der Waals surface area contributed by atoms with Gasteiger partial charge in [0.25, 0.3) is 0 Å². The molecule has 1 aromatic carbocycles. The van der Waals surface area contributed by atoms with Crippen LogP contribution in [0.4, 0.5) is 0 Å². The lowest BCUT2D eigenvalue weighted by Gasteiger charge is -2.19. The molecule has 1 aromatic rings. The third-order valence-corrected chi connectivity index (χ3v) is 4.53. The highest BCUT2D eigenvalue weighted by Crippen LogP contribution is 2.47. The van der Waals surface area contributed by atoms with E-state index in [1.54, 1.807) is 0 Å². The van der Waals surface area contributed by atoms with Crippen molar-refractivity contribution in [2.45, 2.75) is 27.7 Å². The molecule has 1 rings (SSSR count). The number of hydrogen-bond acceptors (Lipinski definition) is 3. The van der Waals surface area contributed by atoms with E-state index < -0.39 is 7.60 Å². The van der Waals surface area contributed by atoms with E-state index in [1.165, 1.54) is 0 Å². The zero-order valence-electron chi connectivity index (χ0n) is 10.3. The normalized spacial score (nSPS) is 11.8. The standard InChI is InChI=1S/C12H19O3P/c1-5-14-16(13,15-6-2)12-8-7-10(3)9-11(12)4/h7-9H,5-6H2,1-4H3. The van der Waals surface area contributed by atoms with Crippen molar-refractivity contribution in [3.63, 3.8) is 0 Å². The number of hydrogen-bond donors (Lipinski definition) is 0. The molecule has 4 heteroatoms. The van der Waals surface area contributed by atoms with Crippen LogP contribution in [0, 0.1) is 13.8 Å². The first-order valence-corrected chi connectivity index (χ1v) is 7.04. The molecule has 90 valence electrons. The first-order chi connectivity index (χ1) is 7.53. The highest BCUT2D eigenvalue weighted by molar-refractivity contribution is 7.62. The summed E-state index contributed by atoms with van der Waals surface area (Å²) in [5, 5.41) is 0.668. The van der Waals surface area contributed by atoms with E-state index in [9.17, 15) is 4.57 Å². The van der Waals surface area contributed by atoms with Gasteiger partial charge in [0.15, 0.2) is 0 Å². The average Bonchev–Trinajstić information content (AvgIpc) is 2.17. The molecule has 0 unspecified atom stereocenters. The third-order valence-electron chi connectivity index (χ3n) is 2.25. The first-order valence-electron chi connectivity index (χ1n) is 5.50. The zero-order chi connectivity index (χ0) is 12.2. The fourth-order valence-corrected chi connectivity index (χ4v) is 3.42. The molecule has 0 aliphatic carbocycles. The number of rotatable bonds is 5. The zero-order valence-corrected chi connectivity index (χ0v) is 11.2. The Balaban J connectivity index is 3.15. The van der Waals surface area contributed by atoms with Crippen molar-refractivity contribution in [1.82, 2.24) is 0 Å². The van der Waals surface area contributed by atoms with E-state index in [1.807, 2.05) is 45.9 Å². The summed E-state index contributed by atoms with van der Waals surface area (Å²) in [6.07, 6.45) is 0. The maximum Gasteiger partial charge on any atom is 0.361 e. The Morgan fingerprint density at radius 1 is 1.12 bits per heavy atom. The summed E-state index contributed by atoms with van der Waals surface area (Å²) < 4.78 is 23.1. The smallest absolute Gasteiger partial charge is 0.305 e. The number of benzene rings is 1. The van der Waals surface area contributed by atoms with Gasteiger partial charge in [-0.3, -0.25) is 4.57 Å². The van der Waals surface area contributed by atoms with E-state index in [0.29, 0.717) is 18.5 Å². The summed E-state index contributed by atoms with van der Waals surface area (Å²) in [5.74, 6) is 0. The Morgan fingerprint density at radius 3 is 2.12 bits per heavy atom. The van der Waals surface area contributed by atoms with Crippen molar-refractivity contribution in [3.05, 3.63) is 29.3 Å². The lowest BCUT2D eigenvalue weighted by atomic mass is 10.2. The molecule has 0 aromatic heterocycles. The van der Waals surface area contributed by atoms with Crippen molar-refractivity contribution in [3.8, 4) is 0 Å². The summed E-state index contributed by atoms with van der Waals surface area (Å²) in [7, 11) is -3.13. The van der Waals surface area contributed by atoms with E-state index in [0.717, 1.165) is 11.1 Å². The second-order valence-electron chi connectivity index (χ2n) is 3.62. The molecule has 0 spiro atoms. The van der Waals surface area contributed by atoms with Crippen LogP contribution < -0.4 is 5.30 Å². The van der Waals surface area contributed by atoms with E-state index in [4.69, 9.17) is 9.05 Å². The van der Waals surface area contributed by atoms with Gasteiger partial charge in [-0.25, -0.2) is 0 Å². The summed E-state index contributed by atoms with van der Waals surface area (Å²) in [5.41, 5.74) is 2.09. The minimum Gasteiger partial charge on any atom is -0.305 e.